The third kappa shape index (κ3) is 2.90. The highest BCUT2D eigenvalue weighted by Crippen LogP contribution is 2.46. The predicted octanol–water partition coefficient (Wildman–Crippen LogP) is 0.0628. The number of fused-ring (bicyclic) bond motifs is 1. The van der Waals surface area contributed by atoms with Gasteiger partial charge in [-0.3, -0.25) is 4.79 Å². The van der Waals surface area contributed by atoms with E-state index >= 15 is 0 Å². The molecule has 3 heterocycles. The number of carbonyl (C=O) groups is 1. The van der Waals surface area contributed by atoms with Crippen LogP contribution in [0.15, 0.2) is 0 Å². The summed E-state index contributed by atoms with van der Waals surface area (Å²) in [4.78, 5) is 14.2. The van der Waals surface area contributed by atoms with E-state index in [-0.39, 0.29) is 12.0 Å². The molecule has 0 unspecified atom stereocenters. The van der Waals surface area contributed by atoms with E-state index in [9.17, 15) is 13.2 Å². The van der Waals surface area contributed by atoms with Gasteiger partial charge in [0.1, 0.15) is 10.9 Å². The predicted molar refractivity (Wildman–Crippen MR) is 84.4 cm³/mol. The lowest BCUT2D eigenvalue weighted by Gasteiger charge is -2.39. The fraction of sp³-hybridized carbons (Fsp3) is 0.933. The molecule has 2 bridgehead atoms. The van der Waals surface area contributed by atoms with Crippen molar-refractivity contribution in [1.82, 2.24) is 9.21 Å². The van der Waals surface area contributed by atoms with Crippen molar-refractivity contribution in [2.45, 2.75) is 43.6 Å². The van der Waals surface area contributed by atoms with E-state index in [1.165, 1.54) is 4.31 Å². The molecular formula is C15H26N2O5S. The number of carbonyl (C=O) groups excluding carboxylic acids is 1. The Kier molecular flexibility index (Phi) is 4.46. The van der Waals surface area contributed by atoms with E-state index < -0.39 is 20.9 Å². The molecule has 3 fully saturated rings. The van der Waals surface area contributed by atoms with Crippen LogP contribution in [0.4, 0.5) is 0 Å². The molecule has 3 rings (SSSR count). The quantitative estimate of drug-likeness (QED) is 0.704. The van der Waals surface area contributed by atoms with Gasteiger partial charge in [-0.2, -0.15) is 4.31 Å². The minimum absolute atomic E-state index is 0.0982. The first-order chi connectivity index (χ1) is 10.8. The summed E-state index contributed by atoms with van der Waals surface area (Å²) in [7, 11) is -1.83. The van der Waals surface area contributed by atoms with Gasteiger partial charge in [0, 0.05) is 33.2 Å². The van der Waals surface area contributed by atoms with Gasteiger partial charge >= 0.3 is 0 Å². The molecule has 3 aliphatic rings. The minimum Gasteiger partial charge on any atom is -0.383 e. The fourth-order valence-electron chi connectivity index (χ4n) is 4.01. The number of hydrogen-bond acceptors (Lipinski definition) is 5. The van der Waals surface area contributed by atoms with Crippen molar-refractivity contribution < 1.29 is 22.7 Å². The summed E-state index contributed by atoms with van der Waals surface area (Å²) in [6, 6.07) is 0. The average Bonchev–Trinajstić information content (AvgIpc) is 2.83. The van der Waals surface area contributed by atoms with Gasteiger partial charge in [-0.25, -0.2) is 8.42 Å². The Bertz CT molecular complexity index is 578. The van der Waals surface area contributed by atoms with E-state index in [0.717, 1.165) is 0 Å². The molecule has 7 nitrogen and oxygen atoms in total. The van der Waals surface area contributed by atoms with E-state index in [0.29, 0.717) is 51.5 Å². The second-order valence-electron chi connectivity index (χ2n) is 7.27. The topological polar surface area (TPSA) is 76.2 Å². The van der Waals surface area contributed by atoms with Gasteiger partial charge in [-0.05, 0) is 12.3 Å². The number of hydrogen-bond donors (Lipinski definition) is 0. The molecule has 0 saturated carbocycles. The Morgan fingerprint density at radius 3 is 2.78 bits per heavy atom. The molecule has 0 aliphatic carbocycles. The average molecular weight is 346 g/mol. The normalized spacial score (nSPS) is 35.7. The highest BCUT2D eigenvalue weighted by Gasteiger charge is 2.65. The maximum Gasteiger partial charge on any atom is 0.223 e. The van der Waals surface area contributed by atoms with Crippen LogP contribution in [0.1, 0.15) is 26.7 Å². The van der Waals surface area contributed by atoms with E-state index in [1.807, 2.05) is 18.7 Å². The summed E-state index contributed by atoms with van der Waals surface area (Å²) >= 11 is 0. The summed E-state index contributed by atoms with van der Waals surface area (Å²) < 4.78 is 38.1. The zero-order chi connectivity index (χ0) is 16.8. The molecule has 3 atom stereocenters. The second kappa shape index (κ2) is 5.98. The summed E-state index contributed by atoms with van der Waals surface area (Å²) in [5.74, 6) is 0.392. The van der Waals surface area contributed by atoms with Crippen molar-refractivity contribution in [2.75, 3.05) is 39.9 Å². The van der Waals surface area contributed by atoms with Gasteiger partial charge < -0.3 is 14.4 Å². The largest absolute Gasteiger partial charge is 0.383 e. The van der Waals surface area contributed by atoms with Gasteiger partial charge in [0.25, 0.3) is 0 Å². The van der Waals surface area contributed by atoms with Gasteiger partial charge in [0.15, 0.2) is 0 Å². The molecule has 132 valence electrons. The van der Waals surface area contributed by atoms with Crippen LogP contribution in [0.3, 0.4) is 0 Å². The lowest BCUT2D eigenvalue weighted by atomic mass is 9.99. The van der Waals surface area contributed by atoms with Crippen LogP contribution in [0.25, 0.3) is 0 Å². The summed E-state index contributed by atoms with van der Waals surface area (Å²) in [5, 5.41) is -0.534. The van der Waals surface area contributed by atoms with E-state index in [2.05, 4.69) is 0 Å². The fourth-order valence-corrected chi connectivity index (χ4v) is 6.30. The summed E-state index contributed by atoms with van der Waals surface area (Å²) in [6.45, 7) is 5.94. The van der Waals surface area contributed by atoms with Crippen LogP contribution in [-0.4, -0.2) is 80.4 Å². The van der Waals surface area contributed by atoms with Crippen LogP contribution in [0.2, 0.25) is 0 Å². The van der Waals surface area contributed by atoms with Crippen molar-refractivity contribution >= 4 is 15.9 Å². The summed E-state index contributed by atoms with van der Waals surface area (Å²) in [5.41, 5.74) is -0.762. The van der Waals surface area contributed by atoms with Crippen molar-refractivity contribution in [3.8, 4) is 0 Å². The molecule has 0 aromatic rings. The maximum absolute atomic E-state index is 12.8. The smallest absolute Gasteiger partial charge is 0.223 e. The number of methoxy groups -OCH3 is 1. The molecule has 0 aromatic heterocycles. The number of sulfonamides is 1. The lowest BCUT2D eigenvalue weighted by Crippen LogP contribution is -2.56. The molecular weight excluding hydrogens is 320 g/mol. The third-order valence-electron chi connectivity index (χ3n) is 4.99. The first-order valence-corrected chi connectivity index (χ1v) is 9.72. The Labute approximate surface area is 138 Å². The third-order valence-corrected chi connectivity index (χ3v) is 7.36. The number of rotatable bonds is 5. The van der Waals surface area contributed by atoms with Crippen molar-refractivity contribution in [2.24, 2.45) is 5.92 Å². The van der Waals surface area contributed by atoms with Gasteiger partial charge in [-0.15, -0.1) is 0 Å². The molecule has 3 aliphatic heterocycles. The summed E-state index contributed by atoms with van der Waals surface area (Å²) in [6.07, 6.45) is 0.814. The first kappa shape index (κ1) is 17.1. The Morgan fingerprint density at radius 2 is 2.13 bits per heavy atom. The molecule has 0 aromatic carbocycles. The molecule has 1 spiro atoms. The van der Waals surface area contributed by atoms with E-state index in [1.54, 1.807) is 7.11 Å². The number of amides is 1. The highest BCUT2D eigenvalue weighted by atomic mass is 32.2. The van der Waals surface area contributed by atoms with Crippen LogP contribution < -0.4 is 0 Å². The number of morpholine rings is 1. The molecule has 1 amide bonds. The molecule has 0 radical (unpaired) electrons. The monoisotopic (exact) mass is 346 g/mol. The molecule has 8 heteroatoms. The Hall–Kier alpha value is -0.700. The molecule has 23 heavy (non-hydrogen) atoms. The number of ether oxygens (including phenoxy) is 2. The first-order valence-electron chi connectivity index (χ1n) is 8.22. The van der Waals surface area contributed by atoms with Crippen LogP contribution in [0, 0.1) is 5.92 Å². The van der Waals surface area contributed by atoms with Crippen LogP contribution in [-0.2, 0) is 24.3 Å². The highest BCUT2D eigenvalue weighted by molar-refractivity contribution is 7.90. The Balaban J connectivity index is 1.79. The van der Waals surface area contributed by atoms with Crippen LogP contribution >= 0.6 is 0 Å². The Morgan fingerprint density at radius 1 is 1.39 bits per heavy atom. The minimum atomic E-state index is -3.38. The number of nitrogens with zero attached hydrogens (tertiary/aromatic N) is 2. The molecule has 3 saturated heterocycles. The SMILES string of the molecule is COCCN1C[C@]23CN(C(=O)CC(C)C)C[C@H](C[C@H]2S1(=O)=O)O3. The standard InChI is InChI=1S/C15H26N2O5S/c1-11(2)6-14(18)16-8-12-7-13-15(9-16,22-12)10-17(4-5-21-3)23(13,19)20/h11-13H,4-10H2,1-3H3/t12-,13+,15+/m0/s1. The van der Waals surface area contributed by atoms with E-state index in [4.69, 9.17) is 9.47 Å². The maximum atomic E-state index is 12.8. The van der Waals surface area contributed by atoms with Crippen LogP contribution in [0.5, 0.6) is 0 Å². The van der Waals surface area contributed by atoms with Crippen molar-refractivity contribution in [1.29, 1.82) is 0 Å². The van der Waals surface area contributed by atoms with Gasteiger partial charge in [-0.1, -0.05) is 13.8 Å². The number of likely N-dealkylation sites (tertiary alicyclic amines) is 1. The van der Waals surface area contributed by atoms with Crippen molar-refractivity contribution in [3.05, 3.63) is 0 Å². The van der Waals surface area contributed by atoms with Gasteiger partial charge in [0.2, 0.25) is 15.9 Å². The zero-order valence-corrected chi connectivity index (χ0v) is 14.8. The second-order valence-corrected chi connectivity index (χ2v) is 9.39. The van der Waals surface area contributed by atoms with Gasteiger partial charge in [0.05, 0.1) is 19.3 Å². The molecule has 0 N–H and O–H groups in total. The lowest BCUT2D eigenvalue weighted by molar-refractivity contribution is -0.151. The van der Waals surface area contributed by atoms with Crippen molar-refractivity contribution in [3.63, 3.8) is 0 Å². The zero-order valence-electron chi connectivity index (χ0n) is 14.0.